The highest BCUT2D eigenvalue weighted by atomic mass is 35.5. The van der Waals surface area contributed by atoms with Crippen molar-refractivity contribution in [3.8, 4) is 11.5 Å². The molecule has 0 spiro atoms. The molecule has 6 rings (SSSR count). The molecule has 0 aliphatic carbocycles. The first kappa shape index (κ1) is 28.1. The van der Waals surface area contributed by atoms with Crippen molar-refractivity contribution >= 4 is 51.7 Å². The van der Waals surface area contributed by atoms with Gasteiger partial charge in [0.2, 0.25) is 0 Å². The molecule has 1 amide bonds. The number of nitrogens with zero attached hydrogens (tertiary/aromatic N) is 3. The van der Waals surface area contributed by atoms with Crippen molar-refractivity contribution in [3.05, 3.63) is 46.5 Å². The third-order valence-corrected chi connectivity index (χ3v) is 8.26. The molecule has 3 aromatic rings. The number of piperidine rings is 1. The molecule has 4 heterocycles. The van der Waals surface area contributed by atoms with Crippen LogP contribution in [-0.2, 0) is 9.47 Å². The zero-order chi connectivity index (χ0) is 28.9. The Balaban J connectivity index is 1.29. The summed E-state index contributed by atoms with van der Waals surface area (Å²) in [4.78, 5) is 23.6. The number of carbonyl (C=O) groups is 1. The average Bonchev–Trinajstić information content (AvgIpc) is 3.16. The van der Waals surface area contributed by atoms with Crippen molar-refractivity contribution in [2.24, 2.45) is 0 Å². The zero-order valence-electron chi connectivity index (χ0n) is 23.0. The molecular weight excluding hydrogens is 574 g/mol. The van der Waals surface area contributed by atoms with Gasteiger partial charge in [-0.3, -0.25) is 0 Å². The fraction of sp³-hybridized carbons (Fsp3) is 0.483. The van der Waals surface area contributed by atoms with E-state index in [0.29, 0.717) is 54.3 Å². The Morgan fingerprint density at radius 2 is 1.73 bits per heavy atom. The van der Waals surface area contributed by atoms with Gasteiger partial charge in [-0.2, -0.15) is 0 Å². The van der Waals surface area contributed by atoms with E-state index in [9.17, 15) is 9.18 Å². The molecule has 1 unspecified atom stereocenters. The molecule has 3 fully saturated rings. The van der Waals surface area contributed by atoms with Crippen molar-refractivity contribution in [1.29, 1.82) is 0 Å². The van der Waals surface area contributed by atoms with E-state index in [2.05, 4.69) is 15.3 Å². The molecular formula is C29H31Cl2FN4O5. The Kier molecular flexibility index (Phi) is 7.50. The number of aromatic nitrogens is 2. The third kappa shape index (κ3) is 5.82. The Morgan fingerprint density at radius 3 is 2.39 bits per heavy atom. The fourth-order valence-electron chi connectivity index (χ4n) is 5.58. The molecule has 3 saturated heterocycles. The summed E-state index contributed by atoms with van der Waals surface area (Å²) in [5.74, 6) is 0.750. The predicted octanol–water partition coefficient (Wildman–Crippen LogP) is 6.91. The summed E-state index contributed by atoms with van der Waals surface area (Å²) in [5.41, 5.74) is 0.158. The number of anilines is 2. The van der Waals surface area contributed by atoms with Gasteiger partial charge in [0.05, 0.1) is 34.5 Å². The second kappa shape index (κ2) is 11.0. The van der Waals surface area contributed by atoms with Gasteiger partial charge < -0.3 is 29.2 Å². The summed E-state index contributed by atoms with van der Waals surface area (Å²) < 4.78 is 38.6. The highest BCUT2D eigenvalue weighted by Gasteiger charge is 2.45. The molecule has 41 heavy (non-hydrogen) atoms. The normalized spacial score (nSPS) is 22.4. The van der Waals surface area contributed by atoms with Crippen LogP contribution in [-0.4, -0.2) is 64.1 Å². The van der Waals surface area contributed by atoms with E-state index in [1.54, 1.807) is 6.07 Å². The minimum atomic E-state index is -0.681. The van der Waals surface area contributed by atoms with Crippen LogP contribution in [0.3, 0.4) is 0 Å². The number of benzene rings is 2. The predicted molar refractivity (Wildman–Crippen MR) is 153 cm³/mol. The Morgan fingerprint density at radius 1 is 1.05 bits per heavy atom. The number of ether oxygens (including phenoxy) is 4. The minimum Gasteiger partial charge on any atom is -0.486 e. The van der Waals surface area contributed by atoms with Gasteiger partial charge in [0, 0.05) is 36.4 Å². The molecule has 2 bridgehead atoms. The first-order valence-electron chi connectivity index (χ1n) is 13.7. The summed E-state index contributed by atoms with van der Waals surface area (Å²) >= 11 is 12.0. The molecule has 3 aliphatic heterocycles. The molecule has 1 N–H and O–H groups in total. The standard InChI is InChI=1S/C29H31Cl2FN4O5/c1-29(2,3)41-28(37)36-15-4-5-16(36)9-17(8-15)39-23-10-19-22(11-24(23)40-18-12-38-13-18)33-14-34-27(19)35-21-7-6-20(30)25(31)26(21)32/h6-7,10-11,14-18H,4-5,8-9,12-13H2,1-3H3,(H,33,34,35)/t15-,16+,17?. The van der Waals surface area contributed by atoms with Crippen LogP contribution < -0.4 is 14.8 Å². The second-order valence-electron chi connectivity index (χ2n) is 11.6. The Hall–Kier alpha value is -3.08. The number of halogens is 3. The van der Waals surface area contributed by atoms with Crippen LogP contribution in [0.2, 0.25) is 10.0 Å². The number of rotatable bonds is 6. The lowest BCUT2D eigenvalue weighted by molar-refractivity contribution is -0.0809. The van der Waals surface area contributed by atoms with Crippen molar-refractivity contribution in [2.45, 2.75) is 76.3 Å². The lowest BCUT2D eigenvalue weighted by Gasteiger charge is -2.39. The summed E-state index contributed by atoms with van der Waals surface area (Å²) in [7, 11) is 0. The second-order valence-corrected chi connectivity index (χ2v) is 12.4. The number of hydrogen-bond acceptors (Lipinski definition) is 8. The first-order chi connectivity index (χ1) is 19.6. The van der Waals surface area contributed by atoms with Crippen LogP contribution in [0.15, 0.2) is 30.6 Å². The Labute approximate surface area is 247 Å². The van der Waals surface area contributed by atoms with Crippen LogP contribution in [0.25, 0.3) is 10.9 Å². The van der Waals surface area contributed by atoms with E-state index >= 15 is 0 Å². The number of carbonyl (C=O) groups excluding carboxylic acids is 1. The van der Waals surface area contributed by atoms with Gasteiger partial charge in [0.25, 0.3) is 0 Å². The van der Waals surface area contributed by atoms with Crippen LogP contribution in [0.1, 0.15) is 46.5 Å². The molecule has 2 aromatic carbocycles. The summed E-state index contributed by atoms with van der Waals surface area (Å²) in [6, 6.07) is 6.69. The van der Waals surface area contributed by atoms with Gasteiger partial charge in [0.15, 0.2) is 17.3 Å². The largest absolute Gasteiger partial charge is 0.486 e. The maximum Gasteiger partial charge on any atom is 0.410 e. The van der Waals surface area contributed by atoms with E-state index < -0.39 is 11.4 Å². The number of fused-ring (bicyclic) bond motifs is 3. The quantitative estimate of drug-likeness (QED) is 0.303. The van der Waals surface area contributed by atoms with Crippen LogP contribution >= 0.6 is 23.2 Å². The molecule has 9 nitrogen and oxygen atoms in total. The topological polar surface area (TPSA) is 95.0 Å². The number of hydrogen-bond donors (Lipinski definition) is 1. The maximum absolute atomic E-state index is 14.8. The smallest absolute Gasteiger partial charge is 0.410 e. The van der Waals surface area contributed by atoms with Crippen molar-refractivity contribution in [1.82, 2.24) is 14.9 Å². The first-order valence-corrected chi connectivity index (χ1v) is 14.4. The van der Waals surface area contributed by atoms with Crippen LogP contribution in [0.5, 0.6) is 11.5 Å². The number of nitrogens with one attached hydrogen (secondary N) is 1. The van der Waals surface area contributed by atoms with Gasteiger partial charge in [-0.15, -0.1) is 0 Å². The van der Waals surface area contributed by atoms with E-state index in [1.807, 2.05) is 31.7 Å². The summed E-state index contributed by atoms with van der Waals surface area (Å²) in [6.07, 6.45) is 4.03. The fourth-order valence-corrected chi connectivity index (χ4v) is 5.89. The average molecular weight is 605 g/mol. The molecule has 3 aliphatic rings. The third-order valence-electron chi connectivity index (χ3n) is 7.48. The van der Waals surface area contributed by atoms with Gasteiger partial charge >= 0.3 is 6.09 Å². The van der Waals surface area contributed by atoms with Gasteiger partial charge in [0.1, 0.15) is 30.0 Å². The van der Waals surface area contributed by atoms with E-state index in [-0.39, 0.29) is 46.1 Å². The molecule has 3 atom stereocenters. The van der Waals surface area contributed by atoms with Crippen LogP contribution in [0.4, 0.5) is 20.7 Å². The summed E-state index contributed by atoms with van der Waals surface area (Å²) in [5, 5.41) is 3.57. The van der Waals surface area contributed by atoms with E-state index in [0.717, 1.165) is 12.8 Å². The van der Waals surface area contributed by atoms with Crippen LogP contribution in [0, 0.1) is 5.82 Å². The maximum atomic E-state index is 14.8. The minimum absolute atomic E-state index is 0.0386. The van der Waals surface area contributed by atoms with Gasteiger partial charge in [-0.1, -0.05) is 23.2 Å². The van der Waals surface area contributed by atoms with E-state index in [4.69, 9.17) is 42.1 Å². The van der Waals surface area contributed by atoms with Crippen molar-refractivity contribution < 1.29 is 28.1 Å². The lowest BCUT2D eigenvalue weighted by atomic mass is 10.00. The summed E-state index contributed by atoms with van der Waals surface area (Å²) in [6.45, 7) is 6.60. The zero-order valence-corrected chi connectivity index (χ0v) is 24.5. The number of amides is 1. The monoisotopic (exact) mass is 604 g/mol. The highest BCUT2D eigenvalue weighted by molar-refractivity contribution is 6.42. The SMILES string of the molecule is CC(C)(C)OC(=O)N1[C@@H]2CC[C@H]1CC(Oc1cc3c(Nc4ccc(Cl)c(Cl)c4F)ncnc3cc1OC1COC1)C2. The Bertz CT molecular complexity index is 1470. The van der Waals surface area contributed by atoms with Gasteiger partial charge in [-0.25, -0.2) is 19.2 Å². The van der Waals surface area contributed by atoms with Gasteiger partial charge in [-0.05, 0) is 51.8 Å². The molecule has 218 valence electrons. The van der Waals surface area contributed by atoms with Crippen molar-refractivity contribution in [2.75, 3.05) is 18.5 Å². The molecule has 0 saturated carbocycles. The van der Waals surface area contributed by atoms with Crippen molar-refractivity contribution in [3.63, 3.8) is 0 Å². The molecule has 0 radical (unpaired) electrons. The van der Waals surface area contributed by atoms with E-state index in [1.165, 1.54) is 18.5 Å². The molecule has 1 aromatic heterocycles. The lowest BCUT2D eigenvalue weighted by Crippen LogP contribution is -2.50. The molecule has 12 heteroatoms. The highest BCUT2D eigenvalue weighted by Crippen LogP contribution is 2.42.